The molecule has 0 radical (unpaired) electrons. The Morgan fingerprint density at radius 3 is 2.45 bits per heavy atom. The van der Waals surface area contributed by atoms with E-state index in [1.165, 1.54) is 0 Å². The Balaban J connectivity index is 3.83. The van der Waals surface area contributed by atoms with E-state index in [0.717, 1.165) is 0 Å². The van der Waals surface area contributed by atoms with E-state index >= 15 is 0 Å². The van der Waals surface area contributed by atoms with Crippen LogP contribution in [0.3, 0.4) is 0 Å². The molecule has 0 heterocycles. The summed E-state index contributed by atoms with van der Waals surface area (Å²) in [6.45, 7) is 5.25. The largest absolute Gasteiger partial charge is 0.466 e. The summed E-state index contributed by atoms with van der Waals surface area (Å²) >= 11 is 0. The van der Waals surface area contributed by atoms with Gasteiger partial charge in [0.15, 0.2) is 0 Å². The Kier molecular flexibility index (Phi) is 3.71. The zero-order valence-electron chi connectivity index (χ0n) is 7.09. The lowest BCUT2D eigenvalue weighted by molar-refractivity contribution is -0.144. The van der Waals surface area contributed by atoms with Crippen LogP contribution in [0.2, 0.25) is 0 Å². The smallest absolute Gasteiger partial charge is 0.308 e. The number of nitroso groups, excluding NO2 is 1. The minimum Gasteiger partial charge on any atom is -0.466 e. The monoisotopic (exact) mass is 159 g/mol. The van der Waals surface area contributed by atoms with Gasteiger partial charge in [-0.2, -0.15) is 4.91 Å². The summed E-state index contributed by atoms with van der Waals surface area (Å²) in [6.07, 6.45) is 0.0460. The first-order chi connectivity index (χ1) is 5.02. The van der Waals surface area contributed by atoms with E-state index in [4.69, 9.17) is 0 Å². The van der Waals surface area contributed by atoms with Crippen molar-refractivity contribution < 1.29 is 9.53 Å². The molecular weight excluding hydrogens is 146 g/mol. The van der Waals surface area contributed by atoms with Gasteiger partial charge in [-0.3, -0.25) is 4.79 Å². The molecule has 0 aromatic heterocycles. The third kappa shape index (κ3) is 4.47. The highest BCUT2D eigenvalue weighted by molar-refractivity contribution is 5.70. The van der Waals surface area contributed by atoms with Crippen molar-refractivity contribution in [2.24, 2.45) is 5.18 Å². The molecule has 4 nitrogen and oxygen atoms in total. The first kappa shape index (κ1) is 10.1. The van der Waals surface area contributed by atoms with Crippen molar-refractivity contribution in [1.82, 2.24) is 0 Å². The van der Waals surface area contributed by atoms with Gasteiger partial charge in [0.25, 0.3) is 0 Å². The fourth-order valence-corrected chi connectivity index (χ4v) is 0.598. The number of hydrogen-bond donors (Lipinski definition) is 0. The van der Waals surface area contributed by atoms with Crippen LogP contribution >= 0.6 is 0 Å². The lowest BCUT2D eigenvalue weighted by atomic mass is 10.0. The molecule has 0 bridgehead atoms. The highest BCUT2D eigenvalue weighted by Crippen LogP contribution is 2.13. The molecular formula is C7H13NO3. The molecule has 0 fully saturated rings. The Bertz CT molecular complexity index is 154. The van der Waals surface area contributed by atoms with Gasteiger partial charge in [-0.25, -0.2) is 0 Å². The quantitative estimate of drug-likeness (QED) is 0.461. The maximum Gasteiger partial charge on any atom is 0.308 e. The van der Waals surface area contributed by atoms with Gasteiger partial charge in [-0.1, -0.05) is 5.18 Å². The first-order valence-electron chi connectivity index (χ1n) is 3.52. The molecule has 0 aliphatic carbocycles. The molecule has 11 heavy (non-hydrogen) atoms. The van der Waals surface area contributed by atoms with Crippen LogP contribution in [0, 0.1) is 4.91 Å². The minimum absolute atomic E-state index is 0.0460. The molecule has 0 aromatic rings. The third-order valence-electron chi connectivity index (χ3n) is 1.13. The minimum atomic E-state index is -0.841. The lowest BCUT2D eigenvalue weighted by Crippen LogP contribution is -2.22. The summed E-state index contributed by atoms with van der Waals surface area (Å²) in [7, 11) is 0. The second kappa shape index (κ2) is 4.05. The second-order valence-electron chi connectivity index (χ2n) is 2.89. The van der Waals surface area contributed by atoms with Crippen LogP contribution in [-0.4, -0.2) is 18.1 Å². The van der Waals surface area contributed by atoms with Gasteiger partial charge in [0, 0.05) is 0 Å². The average molecular weight is 159 g/mol. The van der Waals surface area contributed by atoms with Crippen LogP contribution in [-0.2, 0) is 9.53 Å². The summed E-state index contributed by atoms with van der Waals surface area (Å²) < 4.78 is 4.64. The highest BCUT2D eigenvalue weighted by Gasteiger charge is 2.23. The van der Waals surface area contributed by atoms with Crippen molar-refractivity contribution in [3.8, 4) is 0 Å². The Hall–Kier alpha value is -0.930. The first-order valence-corrected chi connectivity index (χ1v) is 3.52. The molecule has 0 atom stereocenters. The number of esters is 1. The highest BCUT2D eigenvalue weighted by atomic mass is 16.5. The summed E-state index contributed by atoms with van der Waals surface area (Å²) in [5, 5.41) is 2.79. The number of carbonyl (C=O) groups excluding carboxylic acids is 1. The molecule has 0 spiro atoms. The van der Waals surface area contributed by atoms with E-state index in [1.54, 1.807) is 20.8 Å². The predicted molar refractivity (Wildman–Crippen MR) is 41.1 cm³/mol. The average Bonchev–Trinajstić information content (AvgIpc) is 1.87. The summed E-state index contributed by atoms with van der Waals surface area (Å²) in [6, 6.07) is 0. The van der Waals surface area contributed by atoms with E-state index < -0.39 is 5.54 Å². The van der Waals surface area contributed by atoms with Crippen LogP contribution in [0.1, 0.15) is 27.2 Å². The van der Waals surface area contributed by atoms with Gasteiger partial charge in [0.2, 0.25) is 0 Å². The van der Waals surface area contributed by atoms with Crippen LogP contribution in [0.15, 0.2) is 5.18 Å². The van der Waals surface area contributed by atoms with E-state index in [2.05, 4.69) is 9.91 Å². The maximum atomic E-state index is 10.8. The summed E-state index contributed by atoms with van der Waals surface area (Å²) in [5.41, 5.74) is -0.841. The molecule has 0 N–H and O–H groups in total. The van der Waals surface area contributed by atoms with Gasteiger partial charge in [-0.15, -0.1) is 0 Å². The fourth-order valence-electron chi connectivity index (χ4n) is 0.598. The lowest BCUT2D eigenvalue weighted by Gasteiger charge is -2.12. The normalized spacial score (nSPS) is 10.8. The van der Waals surface area contributed by atoms with E-state index in [-0.39, 0.29) is 12.4 Å². The molecule has 0 aromatic carbocycles. The standard InChI is InChI=1S/C7H13NO3/c1-4-11-6(9)5-7(2,3)8-10/h4-5H2,1-3H3. The van der Waals surface area contributed by atoms with Crippen molar-refractivity contribution in [3.05, 3.63) is 4.91 Å². The number of carbonyl (C=O) groups is 1. The van der Waals surface area contributed by atoms with Gasteiger partial charge >= 0.3 is 5.97 Å². The molecule has 0 saturated carbocycles. The zero-order valence-corrected chi connectivity index (χ0v) is 7.09. The molecule has 0 saturated heterocycles. The van der Waals surface area contributed by atoms with E-state index in [1.807, 2.05) is 0 Å². The summed E-state index contributed by atoms with van der Waals surface area (Å²) in [4.78, 5) is 20.9. The topological polar surface area (TPSA) is 55.7 Å². The van der Waals surface area contributed by atoms with Crippen molar-refractivity contribution >= 4 is 5.97 Å². The molecule has 0 rings (SSSR count). The van der Waals surface area contributed by atoms with Crippen LogP contribution in [0.5, 0.6) is 0 Å². The zero-order chi connectivity index (χ0) is 8.91. The Labute approximate surface area is 65.9 Å². The fraction of sp³-hybridized carbons (Fsp3) is 0.857. The second-order valence-corrected chi connectivity index (χ2v) is 2.89. The molecule has 64 valence electrons. The van der Waals surface area contributed by atoms with Crippen molar-refractivity contribution in [1.29, 1.82) is 0 Å². The Morgan fingerprint density at radius 1 is 1.55 bits per heavy atom. The SMILES string of the molecule is CCOC(=O)CC(C)(C)N=O. The maximum absolute atomic E-state index is 10.8. The van der Waals surface area contributed by atoms with Gasteiger partial charge < -0.3 is 4.74 Å². The van der Waals surface area contributed by atoms with Gasteiger partial charge in [-0.05, 0) is 20.8 Å². The third-order valence-corrected chi connectivity index (χ3v) is 1.13. The molecule has 0 aliphatic heterocycles. The number of rotatable bonds is 4. The van der Waals surface area contributed by atoms with Crippen LogP contribution < -0.4 is 0 Å². The van der Waals surface area contributed by atoms with E-state index in [0.29, 0.717) is 6.61 Å². The van der Waals surface area contributed by atoms with Crippen LogP contribution in [0.25, 0.3) is 0 Å². The van der Waals surface area contributed by atoms with Crippen molar-refractivity contribution in [3.63, 3.8) is 0 Å². The summed E-state index contributed by atoms with van der Waals surface area (Å²) in [5.74, 6) is -0.378. The number of ether oxygens (including phenoxy) is 1. The van der Waals surface area contributed by atoms with E-state index in [9.17, 15) is 9.70 Å². The van der Waals surface area contributed by atoms with Gasteiger partial charge in [0.05, 0.1) is 13.0 Å². The van der Waals surface area contributed by atoms with Gasteiger partial charge in [0.1, 0.15) is 5.54 Å². The molecule has 4 heteroatoms. The molecule has 0 unspecified atom stereocenters. The molecule has 0 aliphatic rings. The van der Waals surface area contributed by atoms with Crippen molar-refractivity contribution in [2.75, 3.05) is 6.61 Å². The number of nitrogens with zero attached hydrogens (tertiary/aromatic N) is 1. The van der Waals surface area contributed by atoms with Crippen LogP contribution in [0.4, 0.5) is 0 Å². The predicted octanol–water partition coefficient (Wildman–Crippen LogP) is 1.48. The number of hydrogen-bond acceptors (Lipinski definition) is 4. The van der Waals surface area contributed by atoms with Crippen molar-refractivity contribution in [2.45, 2.75) is 32.7 Å². The Morgan fingerprint density at radius 2 is 2.09 bits per heavy atom. The molecule has 0 amide bonds.